The molecule has 0 unspecified atom stereocenters. The van der Waals surface area contributed by atoms with Crippen molar-refractivity contribution in [1.82, 2.24) is 5.43 Å². The van der Waals surface area contributed by atoms with Crippen LogP contribution in [0.5, 0.6) is 5.75 Å². The van der Waals surface area contributed by atoms with Gasteiger partial charge in [0.15, 0.2) is 0 Å². The Hall–Kier alpha value is -3.22. The molecule has 26 heavy (non-hydrogen) atoms. The van der Waals surface area contributed by atoms with Crippen molar-refractivity contribution in [3.05, 3.63) is 69.8 Å². The zero-order chi connectivity index (χ0) is 18.9. The molecule has 7 heteroatoms. The number of benzene rings is 2. The van der Waals surface area contributed by atoms with E-state index in [1.165, 1.54) is 12.3 Å². The maximum Gasteiger partial charge on any atom is 0.273 e. The van der Waals surface area contributed by atoms with Crippen LogP contribution in [0.4, 0.5) is 5.69 Å². The van der Waals surface area contributed by atoms with Crippen LogP contribution in [0.1, 0.15) is 25.0 Å². The molecule has 0 spiro atoms. The molecule has 1 N–H and O–H groups in total. The van der Waals surface area contributed by atoms with E-state index >= 15 is 0 Å². The molecule has 0 aliphatic carbocycles. The highest BCUT2D eigenvalue weighted by atomic mass is 16.6. The minimum atomic E-state index is -0.505. The Labute approximate surface area is 151 Å². The second-order valence-electron chi connectivity index (χ2n) is 6.13. The monoisotopic (exact) mass is 355 g/mol. The molecule has 0 bridgehead atoms. The van der Waals surface area contributed by atoms with Crippen LogP contribution >= 0.6 is 0 Å². The lowest BCUT2D eigenvalue weighted by Gasteiger charge is -2.08. The smallest absolute Gasteiger partial charge is 0.273 e. The van der Waals surface area contributed by atoms with Crippen molar-refractivity contribution in [2.75, 3.05) is 6.61 Å². The molecule has 0 atom stereocenters. The molecule has 1 amide bonds. The Bertz CT molecular complexity index is 786. The summed E-state index contributed by atoms with van der Waals surface area (Å²) in [4.78, 5) is 22.4. The van der Waals surface area contributed by atoms with Crippen molar-refractivity contribution in [2.24, 2.45) is 11.0 Å². The van der Waals surface area contributed by atoms with E-state index < -0.39 is 10.8 Å². The molecule has 2 aromatic carbocycles. The van der Waals surface area contributed by atoms with E-state index in [-0.39, 0.29) is 12.1 Å². The number of nitrogens with zero attached hydrogens (tertiary/aromatic N) is 2. The van der Waals surface area contributed by atoms with E-state index in [2.05, 4.69) is 24.4 Å². The van der Waals surface area contributed by atoms with Crippen LogP contribution in [0.25, 0.3) is 0 Å². The van der Waals surface area contributed by atoms with Gasteiger partial charge >= 0.3 is 0 Å². The fourth-order valence-electron chi connectivity index (χ4n) is 2.14. The highest BCUT2D eigenvalue weighted by Crippen LogP contribution is 2.18. The van der Waals surface area contributed by atoms with Crippen LogP contribution in [-0.4, -0.2) is 23.7 Å². The summed E-state index contributed by atoms with van der Waals surface area (Å²) in [6, 6.07) is 13.5. The molecular weight excluding hydrogens is 334 g/mol. The summed E-state index contributed by atoms with van der Waals surface area (Å²) in [5.41, 5.74) is 3.44. The van der Waals surface area contributed by atoms with E-state index in [9.17, 15) is 14.9 Å². The minimum Gasteiger partial charge on any atom is -0.493 e. The van der Waals surface area contributed by atoms with Crippen molar-refractivity contribution in [1.29, 1.82) is 0 Å². The van der Waals surface area contributed by atoms with Gasteiger partial charge in [-0.2, -0.15) is 5.10 Å². The van der Waals surface area contributed by atoms with Crippen molar-refractivity contribution in [2.45, 2.75) is 20.3 Å². The molecule has 7 nitrogen and oxygen atoms in total. The molecule has 0 radical (unpaired) electrons. The Morgan fingerprint density at radius 2 is 1.92 bits per heavy atom. The summed E-state index contributed by atoms with van der Waals surface area (Å²) in [6.45, 7) is 4.80. The zero-order valence-electron chi connectivity index (χ0n) is 14.7. The highest BCUT2D eigenvalue weighted by molar-refractivity contribution is 5.83. The number of hydrogen-bond donors (Lipinski definition) is 1. The molecule has 0 saturated carbocycles. The first-order valence-electron chi connectivity index (χ1n) is 8.22. The van der Waals surface area contributed by atoms with Crippen LogP contribution in [0, 0.1) is 16.0 Å². The first kappa shape index (κ1) is 19.1. The van der Waals surface area contributed by atoms with Gasteiger partial charge in [-0.05, 0) is 35.7 Å². The van der Waals surface area contributed by atoms with Gasteiger partial charge in [-0.15, -0.1) is 0 Å². The Balaban J connectivity index is 1.88. The maximum atomic E-state index is 11.9. The fraction of sp³-hybridized carbons (Fsp3) is 0.263. The van der Waals surface area contributed by atoms with Gasteiger partial charge in [-0.3, -0.25) is 14.9 Å². The average Bonchev–Trinajstić information content (AvgIpc) is 2.61. The van der Waals surface area contributed by atoms with Crippen molar-refractivity contribution in [3.8, 4) is 5.75 Å². The van der Waals surface area contributed by atoms with E-state index in [0.29, 0.717) is 18.1 Å². The quantitative estimate of drug-likeness (QED) is 0.446. The minimum absolute atomic E-state index is 0.0800. The molecular formula is C19H21N3O4. The third-order valence-corrected chi connectivity index (χ3v) is 3.41. The van der Waals surface area contributed by atoms with Crippen LogP contribution in [0.15, 0.2) is 53.6 Å². The third kappa shape index (κ3) is 6.01. The highest BCUT2D eigenvalue weighted by Gasteiger charge is 2.14. The SMILES string of the molecule is CC(C)COc1ccc(C=NNC(=O)Cc2ccccc2[N+](=O)[O-])cc1. The summed E-state index contributed by atoms with van der Waals surface area (Å²) < 4.78 is 5.59. The summed E-state index contributed by atoms with van der Waals surface area (Å²) in [7, 11) is 0. The number of nitro groups is 1. The number of nitrogens with one attached hydrogen (secondary N) is 1. The number of nitro benzene ring substituents is 1. The van der Waals surface area contributed by atoms with Gasteiger partial charge in [-0.1, -0.05) is 32.0 Å². The average molecular weight is 355 g/mol. The van der Waals surface area contributed by atoms with E-state index in [0.717, 1.165) is 11.3 Å². The molecule has 0 saturated heterocycles. The first-order chi connectivity index (χ1) is 12.5. The van der Waals surface area contributed by atoms with Crippen molar-refractivity contribution in [3.63, 3.8) is 0 Å². The molecule has 136 valence electrons. The van der Waals surface area contributed by atoms with Crippen molar-refractivity contribution >= 4 is 17.8 Å². The topological polar surface area (TPSA) is 93.8 Å². The first-order valence-corrected chi connectivity index (χ1v) is 8.22. The Morgan fingerprint density at radius 3 is 2.58 bits per heavy atom. The molecule has 0 heterocycles. The van der Waals surface area contributed by atoms with E-state index in [1.54, 1.807) is 18.2 Å². The van der Waals surface area contributed by atoms with Crippen LogP contribution in [0.2, 0.25) is 0 Å². The predicted molar refractivity (Wildman–Crippen MR) is 99.3 cm³/mol. The number of rotatable bonds is 8. The van der Waals surface area contributed by atoms with Gasteiger partial charge in [0.05, 0.1) is 24.2 Å². The maximum absolute atomic E-state index is 11.9. The molecule has 0 aliphatic rings. The van der Waals surface area contributed by atoms with E-state index in [4.69, 9.17) is 4.74 Å². The second-order valence-corrected chi connectivity index (χ2v) is 6.13. The van der Waals surface area contributed by atoms with Crippen LogP contribution < -0.4 is 10.2 Å². The second kappa shape index (κ2) is 9.31. The lowest BCUT2D eigenvalue weighted by atomic mass is 10.1. The van der Waals surface area contributed by atoms with Gasteiger partial charge in [0.2, 0.25) is 5.91 Å². The van der Waals surface area contributed by atoms with Gasteiger partial charge in [0, 0.05) is 11.6 Å². The molecule has 2 aromatic rings. The predicted octanol–water partition coefficient (Wildman–Crippen LogP) is 3.32. The molecule has 2 rings (SSSR count). The molecule has 0 fully saturated rings. The molecule has 0 aromatic heterocycles. The summed E-state index contributed by atoms with van der Waals surface area (Å²) in [6.07, 6.45) is 1.39. The standard InChI is InChI=1S/C19H21N3O4/c1-14(2)13-26-17-9-7-15(8-10-17)12-20-21-19(23)11-16-5-3-4-6-18(16)22(24)25/h3-10,12,14H,11,13H2,1-2H3,(H,21,23). The number of hydrazone groups is 1. The normalized spacial score (nSPS) is 10.9. The largest absolute Gasteiger partial charge is 0.493 e. The lowest BCUT2D eigenvalue weighted by Crippen LogP contribution is -2.20. The van der Waals surface area contributed by atoms with Gasteiger partial charge < -0.3 is 4.74 Å². The van der Waals surface area contributed by atoms with Crippen molar-refractivity contribution < 1.29 is 14.5 Å². The summed E-state index contributed by atoms with van der Waals surface area (Å²) >= 11 is 0. The summed E-state index contributed by atoms with van der Waals surface area (Å²) in [5.74, 6) is 0.801. The number of ether oxygens (including phenoxy) is 1. The van der Waals surface area contributed by atoms with Gasteiger partial charge in [-0.25, -0.2) is 5.43 Å². The summed E-state index contributed by atoms with van der Waals surface area (Å²) in [5, 5.41) is 14.8. The molecule has 0 aliphatic heterocycles. The van der Waals surface area contributed by atoms with Crippen LogP contribution in [0.3, 0.4) is 0 Å². The lowest BCUT2D eigenvalue weighted by molar-refractivity contribution is -0.385. The van der Waals surface area contributed by atoms with Gasteiger partial charge in [0.1, 0.15) is 5.75 Å². The number of para-hydroxylation sites is 1. The Morgan fingerprint density at radius 1 is 1.23 bits per heavy atom. The van der Waals surface area contributed by atoms with E-state index in [1.807, 2.05) is 24.3 Å². The number of amides is 1. The Kier molecular flexibility index (Phi) is 6.84. The zero-order valence-corrected chi connectivity index (χ0v) is 14.7. The van der Waals surface area contributed by atoms with Gasteiger partial charge in [0.25, 0.3) is 5.69 Å². The van der Waals surface area contributed by atoms with Crippen LogP contribution in [-0.2, 0) is 11.2 Å². The fourth-order valence-corrected chi connectivity index (χ4v) is 2.14. The number of carbonyl (C=O) groups is 1. The number of hydrogen-bond acceptors (Lipinski definition) is 5. The number of carbonyl (C=O) groups excluding carboxylic acids is 1. The third-order valence-electron chi connectivity index (χ3n) is 3.41.